The zero-order valence-corrected chi connectivity index (χ0v) is 18.1. The van der Waals surface area contributed by atoms with E-state index in [1.807, 2.05) is 0 Å². The van der Waals surface area contributed by atoms with Crippen LogP contribution in [0.4, 0.5) is 5.69 Å². The van der Waals surface area contributed by atoms with Gasteiger partial charge in [0.25, 0.3) is 5.91 Å². The monoisotopic (exact) mass is 504 g/mol. The highest BCUT2D eigenvalue weighted by Crippen LogP contribution is 2.37. The largest absolute Gasteiger partial charge is 0.466 e. The first-order valence-corrected chi connectivity index (χ1v) is 9.40. The van der Waals surface area contributed by atoms with E-state index < -0.39 is 17.8 Å². The molecule has 1 aliphatic heterocycles. The number of esters is 2. The van der Waals surface area contributed by atoms with Gasteiger partial charge in [0.05, 0.1) is 48.7 Å². The minimum absolute atomic E-state index is 0.0193. The molecule has 1 aromatic rings. The van der Waals surface area contributed by atoms with Crippen LogP contribution in [0, 0.1) is 6.92 Å². The molecule has 1 amide bonds. The standard InChI is InChI=1S/C17H18Br2N2O6/c1-8-6-10(18)11(17(25)27-3)12(19)13(8)20-14-9(16(24)26-2)7-21(4-5-22)15(14)23/h6,20,22H,4-5,7H2,1-3H3. The van der Waals surface area contributed by atoms with Gasteiger partial charge >= 0.3 is 11.9 Å². The minimum Gasteiger partial charge on any atom is -0.466 e. The van der Waals surface area contributed by atoms with Gasteiger partial charge in [-0.05, 0) is 50.4 Å². The molecule has 0 radical (unpaired) electrons. The van der Waals surface area contributed by atoms with Crippen LogP contribution in [0.3, 0.4) is 0 Å². The summed E-state index contributed by atoms with van der Waals surface area (Å²) in [6.45, 7) is 1.65. The van der Waals surface area contributed by atoms with Crippen LogP contribution >= 0.6 is 31.9 Å². The van der Waals surface area contributed by atoms with Crippen molar-refractivity contribution < 1.29 is 29.0 Å². The number of carbonyl (C=O) groups is 3. The number of halogens is 2. The van der Waals surface area contributed by atoms with E-state index in [1.54, 1.807) is 13.0 Å². The van der Waals surface area contributed by atoms with E-state index in [9.17, 15) is 14.4 Å². The molecule has 0 fully saturated rings. The number of aliphatic hydroxyl groups excluding tert-OH is 1. The molecule has 0 aromatic heterocycles. The van der Waals surface area contributed by atoms with Gasteiger partial charge in [0.1, 0.15) is 5.70 Å². The van der Waals surface area contributed by atoms with Crippen LogP contribution in [-0.4, -0.2) is 61.8 Å². The van der Waals surface area contributed by atoms with E-state index in [4.69, 9.17) is 14.6 Å². The summed E-state index contributed by atoms with van der Waals surface area (Å²) in [4.78, 5) is 38.2. The molecule has 1 heterocycles. The van der Waals surface area contributed by atoms with Gasteiger partial charge in [-0.25, -0.2) is 9.59 Å². The number of benzene rings is 1. The summed E-state index contributed by atoms with van der Waals surface area (Å²) >= 11 is 6.70. The van der Waals surface area contributed by atoms with E-state index >= 15 is 0 Å². The molecule has 2 N–H and O–H groups in total. The van der Waals surface area contributed by atoms with E-state index in [2.05, 4.69) is 37.2 Å². The van der Waals surface area contributed by atoms with Crippen molar-refractivity contribution in [2.75, 3.05) is 39.2 Å². The van der Waals surface area contributed by atoms with Gasteiger partial charge in [-0.1, -0.05) is 0 Å². The van der Waals surface area contributed by atoms with Gasteiger partial charge in [0.15, 0.2) is 0 Å². The van der Waals surface area contributed by atoms with Crippen molar-refractivity contribution in [1.29, 1.82) is 0 Å². The molecule has 0 unspecified atom stereocenters. The average molecular weight is 506 g/mol. The zero-order chi connectivity index (χ0) is 20.3. The van der Waals surface area contributed by atoms with Crippen LogP contribution < -0.4 is 5.32 Å². The Hall–Kier alpha value is -1.91. The molecule has 0 saturated heterocycles. The molecule has 10 heteroatoms. The Bertz CT molecular complexity index is 837. The lowest BCUT2D eigenvalue weighted by Crippen LogP contribution is -2.31. The third-order valence-electron chi connectivity index (χ3n) is 4.01. The highest BCUT2D eigenvalue weighted by molar-refractivity contribution is 9.11. The van der Waals surface area contributed by atoms with Gasteiger partial charge in [-0.2, -0.15) is 0 Å². The number of nitrogens with zero attached hydrogens (tertiary/aromatic N) is 1. The second-order valence-electron chi connectivity index (χ2n) is 5.65. The Kier molecular flexibility index (Phi) is 7.01. The predicted octanol–water partition coefficient (Wildman–Crippen LogP) is 1.98. The fraction of sp³-hybridized carbons (Fsp3) is 0.353. The smallest absolute Gasteiger partial charge is 0.340 e. The lowest BCUT2D eigenvalue weighted by Gasteiger charge is -2.18. The maximum absolute atomic E-state index is 12.7. The summed E-state index contributed by atoms with van der Waals surface area (Å²) in [5.41, 5.74) is 1.58. The number of amides is 1. The van der Waals surface area contributed by atoms with Crippen LogP contribution in [-0.2, 0) is 19.1 Å². The molecule has 146 valence electrons. The highest BCUT2D eigenvalue weighted by Gasteiger charge is 2.35. The second-order valence-corrected chi connectivity index (χ2v) is 7.30. The third kappa shape index (κ3) is 4.17. The first-order chi connectivity index (χ1) is 12.8. The van der Waals surface area contributed by atoms with E-state index in [0.29, 0.717) is 20.2 Å². The number of rotatable bonds is 6. The third-order valence-corrected chi connectivity index (χ3v) is 5.43. The molecule has 27 heavy (non-hydrogen) atoms. The maximum Gasteiger partial charge on any atom is 0.340 e. The fourth-order valence-electron chi connectivity index (χ4n) is 2.65. The SMILES string of the molecule is COC(=O)C1=C(Nc2c(C)cc(Br)c(C(=O)OC)c2Br)C(=O)N(CCO)C1. The zero-order valence-electron chi connectivity index (χ0n) is 14.9. The Morgan fingerprint density at radius 2 is 1.89 bits per heavy atom. The predicted molar refractivity (Wildman–Crippen MR) is 104 cm³/mol. The number of nitrogens with one attached hydrogen (secondary N) is 1. The average Bonchev–Trinajstić information content (AvgIpc) is 2.93. The topological polar surface area (TPSA) is 105 Å². The number of hydrogen-bond acceptors (Lipinski definition) is 7. The van der Waals surface area contributed by atoms with Gasteiger partial charge in [0.2, 0.25) is 0 Å². The normalized spacial score (nSPS) is 13.9. The number of carbonyl (C=O) groups excluding carboxylic acids is 3. The number of ether oxygens (including phenoxy) is 2. The molecule has 0 aliphatic carbocycles. The van der Waals surface area contributed by atoms with Crippen LogP contribution in [0.15, 0.2) is 26.3 Å². The van der Waals surface area contributed by atoms with Crippen molar-refractivity contribution >= 4 is 55.4 Å². The van der Waals surface area contributed by atoms with Crippen LogP contribution in [0.1, 0.15) is 15.9 Å². The first-order valence-electron chi connectivity index (χ1n) is 7.82. The summed E-state index contributed by atoms with van der Waals surface area (Å²) in [5, 5.41) is 12.1. The second kappa shape index (κ2) is 8.85. The van der Waals surface area contributed by atoms with Crippen molar-refractivity contribution in [3.05, 3.63) is 37.4 Å². The summed E-state index contributed by atoms with van der Waals surface area (Å²) in [5.74, 6) is -1.66. The van der Waals surface area contributed by atoms with E-state index in [1.165, 1.54) is 19.1 Å². The highest BCUT2D eigenvalue weighted by atomic mass is 79.9. The van der Waals surface area contributed by atoms with Crippen molar-refractivity contribution in [3.63, 3.8) is 0 Å². The molecular formula is C17H18Br2N2O6. The molecule has 0 bridgehead atoms. The number of aliphatic hydroxyl groups is 1. The Morgan fingerprint density at radius 1 is 1.26 bits per heavy atom. The molecule has 8 nitrogen and oxygen atoms in total. The van der Waals surface area contributed by atoms with Gasteiger partial charge in [-0.15, -0.1) is 0 Å². The van der Waals surface area contributed by atoms with Crippen molar-refractivity contribution in [2.45, 2.75) is 6.92 Å². The maximum atomic E-state index is 12.7. The summed E-state index contributed by atoms with van der Waals surface area (Å²) in [7, 11) is 2.49. The summed E-state index contributed by atoms with van der Waals surface area (Å²) in [6, 6.07) is 1.70. The lowest BCUT2D eigenvalue weighted by molar-refractivity contribution is -0.136. The lowest BCUT2D eigenvalue weighted by atomic mass is 10.1. The van der Waals surface area contributed by atoms with Crippen molar-refractivity contribution in [2.24, 2.45) is 0 Å². The molecule has 0 saturated carbocycles. The number of hydrogen-bond donors (Lipinski definition) is 2. The number of methoxy groups -OCH3 is 2. The van der Waals surface area contributed by atoms with Crippen molar-refractivity contribution in [3.8, 4) is 0 Å². The van der Waals surface area contributed by atoms with Gasteiger partial charge in [0, 0.05) is 11.0 Å². The van der Waals surface area contributed by atoms with Gasteiger partial charge in [-0.3, -0.25) is 4.79 Å². The van der Waals surface area contributed by atoms with Gasteiger partial charge < -0.3 is 24.8 Å². The number of β-amino-alcohol motifs (C(OH)–C–C–N with tert-alkyl or cyclic N) is 1. The molecular weight excluding hydrogens is 488 g/mol. The van der Waals surface area contributed by atoms with Crippen LogP contribution in [0.2, 0.25) is 0 Å². The van der Waals surface area contributed by atoms with Crippen LogP contribution in [0.25, 0.3) is 0 Å². The molecule has 1 aromatic carbocycles. The molecule has 2 rings (SSSR count). The summed E-state index contributed by atoms with van der Waals surface area (Å²) in [6.07, 6.45) is 0. The van der Waals surface area contributed by atoms with E-state index in [-0.39, 0.29) is 36.5 Å². The first kappa shape index (κ1) is 21.4. The quantitative estimate of drug-likeness (QED) is 0.569. The molecule has 1 aliphatic rings. The molecule has 0 atom stereocenters. The van der Waals surface area contributed by atoms with Crippen molar-refractivity contribution in [1.82, 2.24) is 4.90 Å². The van der Waals surface area contributed by atoms with Crippen LogP contribution in [0.5, 0.6) is 0 Å². The van der Waals surface area contributed by atoms with E-state index in [0.717, 1.165) is 0 Å². The Labute approximate surface area is 172 Å². The molecule has 0 spiro atoms. The minimum atomic E-state index is -0.648. The summed E-state index contributed by atoms with van der Waals surface area (Å²) < 4.78 is 10.5. The Morgan fingerprint density at radius 3 is 2.44 bits per heavy atom. The number of aryl methyl sites for hydroxylation is 1. The number of anilines is 1. The Balaban J connectivity index is 2.54. The fourth-order valence-corrected chi connectivity index (χ4v) is 4.41.